The van der Waals surface area contributed by atoms with Crippen molar-refractivity contribution in [1.29, 1.82) is 0 Å². The molecule has 0 unspecified atom stereocenters. The molecule has 0 spiro atoms. The van der Waals surface area contributed by atoms with Crippen molar-refractivity contribution in [2.75, 3.05) is 20.1 Å². The van der Waals surface area contributed by atoms with Crippen molar-refractivity contribution >= 4 is 41.9 Å². The Balaban J connectivity index is 2.33. The molecule has 0 aromatic heterocycles. The van der Waals surface area contributed by atoms with E-state index in [4.69, 9.17) is 0 Å². The monoisotopic (exact) mass is 410 g/mol. The summed E-state index contributed by atoms with van der Waals surface area (Å²) in [5.74, 6) is 0. The maximum Gasteiger partial charge on any atom is 0.244 e. The minimum absolute atomic E-state index is 0.0668. The van der Waals surface area contributed by atoms with Crippen molar-refractivity contribution in [2.24, 2.45) is 0 Å². The summed E-state index contributed by atoms with van der Waals surface area (Å²) in [5.41, 5.74) is 0. The Bertz CT molecular complexity index is 557. The van der Waals surface area contributed by atoms with Crippen molar-refractivity contribution in [3.8, 4) is 0 Å². The lowest BCUT2D eigenvalue weighted by Gasteiger charge is -2.31. The first-order chi connectivity index (χ1) is 8.93. The van der Waals surface area contributed by atoms with Crippen LogP contribution in [-0.4, -0.2) is 38.9 Å². The predicted molar refractivity (Wildman–Crippen MR) is 82.7 cm³/mol. The van der Waals surface area contributed by atoms with Gasteiger partial charge >= 0.3 is 0 Å². The molecule has 0 atom stereocenters. The summed E-state index contributed by atoms with van der Waals surface area (Å²) in [6.45, 7) is 1.73. The van der Waals surface area contributed by atoms with E-state index in [2.05, 4.69) is 37.2 Å². The SMILES string of the molecule is CN(C1CCNCC1)S(=O)(=O)c1cc(Br)ccc1Br. The van der Waals surface area contributed by atoms with Gasteiger partial charge in [0.2, 0.25) is 10.0 Å². The molecule has 1 aromatic carbocycles. The molecule has 2 rings (SSSR count). The number of hydrogen-bond acceptors (Lipinski definition) is 3. The summed E-state index contributed by atoms with van der Waals surface area (Å²) < 4.78 is 28.2. The van der Waals surface area contributed by atoms with E-state index >= 15 is 0 Å². The largest absolute Gasteiger partial charge is 0.317 e. The molecule has 1 heterocycles. The zero-order valence-electron chi connectivity index (χ0n) is 10.6. The normalized spacial score (nSPS) is 17.9. The van der Waals surface area contributed by atoms with Crippen LogP contribution in [0.4, 0.5) is 0 Å². The maximum atomic E-state index is 12.7. The fraction of sp³-hybridized carbons (Fsp3) is 0.500. The van der Waals surface area contributed by atoms with Crippen LogP contribution >= 0.6 is 31.9 Å². The molecule has 19 heavy (non-hydrogen) atoms. The van der Waals surface area contributed by atoms with Gasteiger partial charge in [0.15, 0.2) is 0 Å². The molecule has 0 saturated carbocycles. The molecule has 0 amide bonds. The zero-order chi connectivity index (χ0) is 14.0. The van der Waals surface area contributed by atoms with Gasteiger partial charge in [-0.25, -0.2) is 8.42 Å². The molecule has 106 valence electrons. The molecule has 1 saturated heterocycles. The first kappa shape index (κ1) is 15.4. The maximum absolute atomic E-state index is 12.7. The number of piperidine rings is 1. The highest BCUT2D eigenvalue weighted by Gasteiger charge is 2.30. The van der Waals surface area contributed by atoms with Gasteiger partial charge in [-0.2, -0.15) is 4.31 Å². The van der Waals surface area contributed by atoms with E-state index in [0.717, 1.165) is 30.4 Å². The molecule has 7 heteroatoms. The molecule has 4 nitrogen and oxygen atoms in total. The Morgan fingerprint density at radius 1 is 1.26 bits per heavy atom. The molecule has 0 radical (unpaired) electrons. The summed E-state index contributed by atoms with van der Waals surface area (Å²) in [6, 6.07) is 5.26. The third-order valence-electron chi connectivity index (χ3n) is 3.37. The van der Waals surface area contributed by atoms with E-state index in [0.29, 0.717) is 9.37 Å². The molecular formula is C12H16Br2N2O2S. The lowest BCUT2D eigenvalue weighted by Crippen LogP contribution is -2.43. The van der Waals surface area contributed by atoms with Gasteiger partial charge in [-0.3, -0.25) is 0 Å². The van der Waals surface area contributed by atoms with Crippen molar-refractivity contribution in [1.82, 2.24) is 9.62 Å². The van der Waals surface area contributed by atoms with E-state index in [-0.39, 0.29) is 6.04 Å². The molecule has 1 aromatic rings. The lowest BCUT2D eigenvalue weighted by atomic mass is 10.1. The highest BCUT2D eigenvalue weighted by molar-refractivity contribution is 9.11. The van der Waals surface area contributed by atoms with Crippen molar-refractivity contribution in [2.45, 2.75) is 23.8 Å². The lowest BCUT2D eigenvalue weighted by molar-refractivity contribution is 0.296. The first-order valence-electron chi connectivity index (χ1n) is 6.07. The molecule has 0 bridgehead atoms. The Morgan fingerprint density at radius 3 is 2.53 bits per heavy atom. The average Bonchev–Trinajstić information content (AvgIpc) is 2.41. The fourth-order valence-corrected chi connectivity index (χ4v) is 5.07. The quantitative estimate of drug-likeness (QED) is 0.831. The van der Waals surface area contributed by atoms with Crippen LogP contribution < -0.4 is 5.32 Å². The van der Waals surface area contributed by atoms with Gasteiger partial charge in [-0.15, -0.1) is 0 Å². The second-order valence-electron chi connectivity index (χ2n) is 4.58. The first-order valence-corrected chi connectivity index (χ1v) is 9.09. The van der Waals surface area contributed by atoms with Crippen LogP contribution in [0.15, 0.2) is 32.0 Å². The van der Waals surface area contributed by atoms with Crippen LogP contribution in [-0.2, 0) is 10.0 Å². The third kappa shape index (κ3) is 3.39. The van der Waals surface area contributed by atoms with Crippen LogP contribution in [0.25, 0.3) is 0 Å². The number of hydrogen-bond donors (Lipinski definition) is 1. The Labute approximate surface area is 130 Å². The van der Waals surface area contributed by atoms with Gasteiger partial charge in [0.1, 0.15) is 0 Å². The summed E-state index contributed by atoms with van der Waals surface area (Å²) in [4.78, 5) is 0.308. The van der Waals surface area contributed by atoms with Crippen LogP contribution in [0.5, 0.6) is 0 Å². The number of halogens is 2. The summed E-state index contributed by atoms with van der Waals surface area (Å²) >= 11 is 6.64. The van der Waals surface area contributed by atoms with Gasteiger partial charge in [0.05, 0.1) is 4.90 Å². The molecular weight excluding hydrogens is 396 g/mol. The molecule has 1 N–H and O–H groups in total. The van der Waals surface area contributed by atoms with Gasteiger partial charge in [0, 0.05) is 22.0 Å². The fourth-order valence-electron chi connectivity index (χ4n) is 2.20. The standard InChI is InChI=1S/C12H16Br2N2O2S/c1-16(10-4-6-15-7-5-10)19(17,18)12-8-9(13)2-3-11(12)14/h2-3,8,10,15H,4-7H2,1H3. The number of sulfonamides is 1. The number of nitrogens with zero attached hydrogens (tertiary/aromatic N) is 1. The highest BCUT2D eigenvalue weighted by atomic mass is 79.9. The third-order valence-corrected chi connectivity index (χ3v) is 6.77. The molecule has 0 aliphatic carbocycles. The van der Waals surface area contributed by atoms with E-state index < -0.39 is 10.0 Å². The minimum atomic E-state index is -3.46. The van der Waals surface area contributed by atoms with E-state index in [1.165, 1.54) is 4.31 Å². The Hall–Kier alpha value is 0.0500. The van der Waals surface area contributed by atoms with Crippen LogP contribution in [0, 0.1) is 0 Å². The van der Waals surface area contributed by atoms with Gasteiger partial charge in [-0.1, -0.05) is 15.9 Å². The zero-order valence-corrected chi connectivity index (χ0v) is 14.6. The highest BCUT2D eigenvalue weighted by Crippen LogP contribution is 2.29. The van der Waals surface area contributed by atoms with Crippen LogP contribution in [0.1, 0.15) is 12.8 Å². The smallest absolute Gasteiger partial charge is 0.244 e. The Kier molecular flexibility index (Phi) is 5.05. The number of nitrogens with one attached hydrogen (secondary N) is 1. The summed E-state index contributed by atoms with van der Waals surface area (Å²) in [6.07, 6.45) is 1.70. The van der Waals surface area contributed by atoms with E-state index in [9.17, 15) is 8.42 Å². The van der Waals surface area contributed by atoms with E-state index in [1.807, 2.05) is 6.07 Å². The second-order valence-corrected chi connectivity index (χ2v) is 8.31. The van der Waals surface area contributed by atoms with Crippen molar-refractivity contribution in [3.63, 3.8) is 0 Å². The number of benzene rings is 1. The van der Waals surface area contributed by atoms with Crippen molar-refractivity contribution < 1.29 is 8.42 Å². The summed E-state index contributed by atoms with van der Waals surface area (Å²) in [7, 11) is -1.80. The second kappa shape index (κ2) is 6.22. The molecule has 1 aliphatic rings. The van der Waals surface area contributed by atoms with Gasteiger partial charge < -0.3 is 5.32 Å². The number of rotatable bonds is 3. The Morgan fingerprint density at radius 2 is 1.89 bits per heavy atom. The molecule has 1 fully saturated rings. The van der Waals surface area contributed by atoms with Crippen LogP contribution in [0.2, 0.25) is 0 Å². The van der Waals surface area contributed by atoms with E-state index in [1.54, 1.807) is 19.2 Å². The van der Waals surface area contributed by atoms with Gasteiger partial charge in [-0.05, 0) is 60.1 Å². The average molecular weight is 412 g/mol. The van der Waals surface area contributed by atoms with Crippen molar-refractivity contribution in [3.05, 3.63) is 27.1 Å². The molecule has 1 aliphatic heterocycles. The van der Waals surface area contributed by atoms with Gasteiger partial charge in [0.25, 0.3) is 0 Å². The van der Waals surface area contributed by atoms with Crippen LogP contribution in [0.3, 0.4) is 0 Å². The summed E-state index contributed by atoms with van der Waals surface area (Å²) in [5, 5.41) is 3.24. The minimum Gasteiger partial charge on any atom is -0.317 e. The topological polar surface area (TPSA) is 49.4 Å². The predicted octanol–water partition coefficient (Wildman–Crippen LogP) is 2.58.